The van der Waals surface area contributed by atoms with Gasteiger partial charge in [-0.05, 0) is 41.8 Å². The third-order valence-electron chi connectivity index (χ3n) is 4.31. The molecule has 0 aliphatic carbocycles. The number of carbonyl (C=O) groups is 1. The van der Waals surface area contributed by atoms with E-state index in [-0.39, 0.29) is 12.3 Å². The topological polar surface area (TPSA) is 81.5 Å². The Hall–Kier alpha value is -3.67. The van der Waals surface area contributed by atoms with Gasteiger partial charge in [-0.25, -0.2) is 4.79 Å². The van der Waals surface area contributed by atoms with Crippen molar-refractivity contribution in [1.29, 1.82) is 0 Å². The number of benzene rings is 3. The van der Waals surface area contributed by atoms with E-state index in [4.69, 9.17) is 4.74 Å². The van der Waals surface area contributed by atoms with Gasteiger partial charge in [0.15, 0.2) is 0 Å². The van der Waals surface area contributed by atoms with E-state index >= 15 is 0 Å². The number of hydrogen-bond acceptors (Lipinski definition) is 5. The Bertz CT molecular complexity index is 984. The number of esters is 1. The van der Waals surface area contributed by atoms with Crippen molar-refractivity contribution in [3.8, 4) is 0 Å². The first-order valence-electron chi connectivity index (χ1n) is 8.82. The van der Waals surface area contributed by atoms with Crippen LogP contribution in [0.15, 0.2) is 72.8 Å². The van der Waals surface area contributed by atoms with Crippen LogP contribution in [0.4, 0.5) is 11.4 Å². The van der Waals surface area contributed by atoms with Gasteiger partial charge in [-0.2, -0.15) is 0 Å². The minimum absolute atomic E-state index is 0.0168. The van der Waals surface area contributed by atoms with Crippen LogP contribution in [0.3, 0.4) is 0 Å². The van der Waals surface area contributed by atoms with Crippen LogP contribution in [0, 0.1) is 17.0 Å². The number of para-hydroxylation sites is 1. The minimum Gasteiger partial charge on any atom is -0.457 e. The largest absolute Gasteiger partial charge is 0.457 e. The Morgan fingerprint density at radius 2 is 1.75 bits per heavy atom. The second-order valence-electron chi connectivity index (χ2n) is 6.37. The second kappa shape index (κ2) is 8.81. The zero-order valence-corrected chi connectivity index (χ0v) is 15.4. The Morgan fingerprint density at radius 3 is 2.46 bits per heavy atom. The first-order chi connectivity index (χ1) is 13.5. The van der Waals surface area contributed by atoms with Crippen molar-refractivity contribution in [3.05, 3.63) is 105 Å². The molecule has 3 rings (SSSR count). The number of aryl methyl sites for hydroxylation is 1. The SMILES string of the molecule is Cc1ccccc1NCc1ccc(C(=O)OCc2cccc([N+](=O)[O-])c2)cc1. The van der Waals surface area contributed by atoms with Crippen molar-refractivity contribution in [3.63, 3.8) is 0 Å². The first kappa shape index (κ1) is 19.1. The number of hydrogen-bond donors (Lipinski definition) is 1. The molecule has 0 saturated carbocycles. The van der Waals surface area contributed by atoms with Gasteiger partial charge < -0.3 is 10.1 Å². The molecule has 0 aliphatic rings. The zero-order chi connectivity index (χ0) is 19.9. The van der Waals surface area contributed by atoms with Gasteiger partial charge in [0.25, 0.3) is 5.69 Å². The average molecular weight is 376 g/mol. The number of nitrogens with one attached hydrogen (secondary N) is 1. The lowest BCUT2D eigenvalue weighted by atomic mass is 10.1. The summed E-state index contributed by atoms with van der Waals surface area (Å²) < 4.78 is 5.26. The maximum Gasteiger partial charge on any atom is 0.338 e. The maximum absolute atomic E-state index is 12.2. The number of rotatable bonds is 7. The number of anilines is 1. The molecule has 3 aromatic carbocycles. The molecular weight excluding hydrogens is 356 g/mol. The first-order valence-corrected chi connectivity index (χ1v) is 8.82. The van der Waals surface area contributed by atoms with E-state index in [9.17, 15) is 14.9 Å². The molecule has 0 radical (unpaired) electrons. The standard InChI is InChI=1S/C22H20N2O4/c1-16-5-2-3-8-21(16)23-14-17-9-11-19(12-10-17)22(25)28-15-18-6-4-7-20(13-18)24(26)27/h2-13,23H,14-15H2,1H3. The van der Waals surface area contributed by atoms with Gasteiger partial charge in [0, 0.05) is 24.4 Å². The van der Waals surface area contributed by atoms with Crippen LogP contribution in [-0.2, 0) is 17.9 Å². The number of non-ortho nitro benzene ring substituents is 1. The van der Waals surface area contributed by atoms with Crippen molar-refractivity contribution in [2.75, 3.05) is 5.32 Å². The summed E-state index contributed by atoms with van der Waals surface area (Å²) in [6.07, 6.45) is 0. The number of ether oxygens (including phenoxy) is 1. The third kappa shape index (κ3) is 4.94. The van der Waals surface area contributed by atoms with Gasteiger partial charge in [0.2, 0.25) is 0 Å². The maximum atomic E-state index is 12.2. The fourth-order valence-corrected chi connectivity index (χ4v) is 2.72. The van der Waals surface area contributed by atoms with E-state index < -0.39 is 10.9 Å². The molecule has 0 fully saturated rings. The number of carbonyl (C=O) groups excluding carboxylic acids is 1. The highest BCUT2D eigenvalue weighted by molar-refractivity contribution is 5.89. The quantitative estimate of drug-likeness (QED) is 0.361. The van der Waals surface area contributed by atoms with Gasteiger partial charge in [0.05, 0.1) is 10.5 Å². The fourth-order valence-electron chi connectivity index (χ4n) is 2.72. The van der Waals surface area contributed by atoms with E-state index in [0.717, 1.165) is 11.3 Å². The van der Waals surface area contributed by atoms with E-state index in [1.165, 1.54) is 17.7 Å². The molecule has 28 heavy (non-hydrogen) atoms. The molecule has 6 heteroatoms. The molecular formula is C22H20N2O4. The van der Waals surface area contributed by atoms with Gasteiger partial charge >= 0.3 is 5.97 Å². The van der Waals surface area contributed by atoms with Crippen molar-refractivity contribution >= 4 is 17.3 Å². The van der Waals surface area contributed by atoms with Crippen LogP contribution >= 0.6 is 0 Å². The van der Waals surface area contributed by atoms with Crippen molar-refractivity contribution < 1.29 is 14.5 Å². The van der Waals surface area contributed by atoms with E-state index in [1.807, 2.05) is 43.3 Å². The monoisotopic (exact) mass is 376 g/mol. The summed E-state index contributed by atoms with van der Waals surface area (Å²) in [5.74, 6) is -0.468. The minimum atomic E-state index is -0.477. The van der Waals surface area contributed by atoms with E-state index in [0.29, 0.717) is 17.7 Å². The molecule has 0 unspecified atom stereocenters. The molecule has 0 aromatic heterocycles. The van der Waals surface area contributed by atoms with Gasteiger partial charge in [-0.1, -0.05) is 42.5 Å². The molecule has 0 atom stereocenters. The molecule has 1 N–H and O–H groups in total. The van der Waals surface area contributed by atoms with Crippen LogP contribution in [0.1, 0.15) is 27.0 Å². The molecule has 0 saturated heterocycles. The van der Waals surface area contributed by atoms with E-state index in [1.54, 1.807) is 24.3 Å². The lowest BCUT2D eigenvalue weighted by Gasteiger charge is -2.10. The number of nitro groups is 1. The number of nitro benzene ring substituents is 1. The molecule has 6 nitrogen and oxygen atoms in total. The van der Waals surface area contributed by atoms with Crippen LogP contribution in [0.2, 0.25) is 0 Å². The van der Waals surface area contributed by atoms with E-state index in [2.05, 4.69) is 5.32 Å². The van der Waals surface area contributed by atoms with Crippen LogP contribution in [0.25, 0.3) is 0 Å². The lowest BCUT2D eigenvalue weighted by Crippen LogP contribution is -2.06. The fraction of sp³-hybridized carbons (Fsp3) is 0.136. The Labute approximate surface area is 162 Å². The average Bonchev–Trinajstić information content (AvgIpc) is 2.72. The van der Waals surface area contributed by atoms with Gasteiger partial charge in [0.1, 0.15) is 6.61 Å². The van der Waals surface area contributed by atoms with Crippen molar-refractivity contribution in [2.45, 2.75) is 20.1 Å². The Morgan fingerprint density at radius 1 is 1.00 bits per heavy atom. The lowest BCUT2D eigenvalue weighted by molar-refractivity contribution is -0.384. The molecule has 142 valence electrons. The molecule has 0 amide bonds. The summed E-state index contributed by atoms with van der Waals surface area (Å²) in [7, 11) is 0. The smallest absolute Gasteiger partial charge is 0.338 e. The van der Waals surface area contributed by atoms with Crippen LogP contribution < -0.4 is 5.32 Å². The Balaban J connectivity index is 1.55. The van der Waals surface area contributed by atoms with Gasteiger partial charge in [-0.15, -0.1) is 0 Å². The van der Waals surface area contributed by atoms with Crippen molar-refractivity contribution in [2.24, 2.45) is 0 Å². The summed E-state index contributed by atoms with van der Waals surface area (Å²) in [6, 6.07) is 21.3. The highest BCUT2D eigenvalue weighted by Gasteiger charge is 2.10. The van der Waals surface area contributed by atoms with Gasteiger partial charge in [-0.3, -0.25) is 10.1 Å². The van der Waals surface area contributed by atoms with Crippen LogP contribution in [0.5, 0.6) is 0 Å². The molecule has 0 heterocycles. The second-order valence-corrected chi connectivity index (χ2v) is 6.37. The summed E-state index contributed by atoms with van der Waals surface area (Å²) in [5, 5.41) is 14.2. The molecule has 0 spiro atoms. The highest BCUT2D eigenvalue weighted by atomic mass is 16.6. The normalized spacial score (nSPS) is 10.3. The zero-order valence-electron chi connectivity index (χ0n) is 15.4. The molecule has 0 bridgehead atoms. The molecule has 3 aromatic rings. The summed E-state index contributed by atoms with van der Waals surface area (Å²) in [4.78, 5) is 22.5. The predicted molar refractivity (Wildman–Crippen MR) is 107 cm³/mol. The molecule has 0 aliphatic heterocycles. The summed E-state index contributed by atoms with van der Waals surface area (Å²) in [5.41, 5.74) is 4.26. The third-order valence-corrected chi connectivity index (χ3v) is 4.31. The predicted octanol–water partition coefficient (Wildman–Crippen LogP) is 4.87. The van der Waals surface area contributed by atoms with Crippen LogP contribution in [-0.4, -0.2) is 10.9 Å². The summed E-state index contributed by atoms with van der Waals surface area (Å²) in [6.45, 7) is 2.67. The Kier molecular flexibility index (Phi) is 6.01. The number of nitrogens with zero attached hydrogens (tertiary/aromatic N) is 1. The summed E-state index contributed by atoms with van der Waals surface area (Å²) >= 11 is 0. The highest BCUT2D eigenvalue weighted by Crippen LogP contribution is 2.16. The van der Waals surface area contributed by atoms with Crippen molar-refractivity contribution in [1.82, 2.24) is 0 Å².